The van der Waals surface area contributed by atoms with E-state index in [4.69, 9.17) is 28.9 Å². The van der Waals surface area contributed by atoms with Gasteiger partial charge >= 0.3 is 0 Å². The molecule has 0 saturated heterocycles. The lowest BCUT2D eigenvalue weighted by molar-refractivity contribution is 0.0955. The first-order valence-corrected chi connectivity index (χ1v) is 9.61. The summed E-state index contributed by atoms with van der Waals surface area (Å²) in [6, 6.07) is 9.18. The van der Waals surface area contributed by atoms with Gasteiger partial charge in [-0.15, -0.1) is 11.3 Å². The summed E-state index contributed by atoms with van der Waals surface area (Å²) in [5, 5.41) is 26.6. The first-order valence-electron chi connectivity index (χ1n) is 7.97. The van der Waals surface area contributed by atoms with Gasteiger partial charge in [-0.25, -0.2) is 5.43 Å². The summed E-state index contributed by atoms with van der Waals surface area (Å²) in [5.41, 5.74) is 9.95. The lowest BCUT2D eigenvalue weighted by atomic mass is 10.1. The first-order chi connectivity index (χ1) is 13.3. The smallest absolute Gasteiger partial charge is 0.271 e. The first kappa shape index (κ1) is 20.0. The normalized spacial score (nSPS) is 11.5. The largest absolute Gasteiger partial charge is 0.506 e. The molecule has 0 radical (unpaired) electrons. The lowest BCUT2D eigenvalue weighted by Gasteiger charge is -2.05. The number of aromatic hydroxyl groups is 2. The van der Waals surface area contributed by atoms with Gasteiger partial charge in [0.25, 0.3) is 5.91 Å². The van der Waals surface area contributed by atoms with Crippen LogP contribution >= 0.6 is 34.5 Å². The van der Waals surface area contributed by atoms with Gasteiger partial charge in [0.15, 0.2) is 0 Å². The number of hydrogen-bond donors (Lipinski definition) is 4. The average Bonchev–Trinajstić information content (AvgIpc) is 3.05. The summed E-state index contributed by atoms with van der Waals surface area (Å²) in [6.07, 6.45) is 0. The van der Waals surface area contributed by atoms with Crippen LogP contribution in [-0.4, -0.2) is 21.8 Å². The van der Waals surface area contributed by atoms with Crippen molar-refractivity contribution in [1.29, 1.82) is 0 Å². The van der Waals surface area contributed by atoms with Gasteiger partial charge in [-0.2, -0.15) is 5.10 Å². The molecule has 144 valence electrons. The predicted octanol–water partition coefficient (Wildman–Crippen LogP) is 4.87. The fourth-order valence-corrected chi connectivity index (χ4v) is 3.71. The molecular weight excluding hydrogens is 421 g/mol. The van der Waals surface area contributed by atoms with E-state index in [1.54, 1.807) is 30.5 Å². The number of nitrogens with two attached hydrogens (primary N) is 1. The summed E-state index contributed by atoms with van der Waals surface area (Å²) < 4.78 is 0. The zero-order valence-electron chi connectivity index (χ0n) is 14.5. The number of hydrazone groups is 1. The number of phenols is 1. The number of nitrogens with zero attached hydrogens (tertiary/aromatic N) is 1. The van der Waals surface area contributed by atoms with Crippen LogP contribution in [0.4, 0.5) is 5.69 Å². The molecule has 0 bridgehead atoms. The minimum Gasteiger partial charge on any atom is -0.506 e. The van der Waals surface area contributed by atoms with Gasteiger partial charge in [0, 0.05) is 10.9 Å². The highest BCUT2D eigenvalue weighted by Gasteiger charge is 2.16. The molecule has 0 aliphatic carbocycles. The standard InChI is InChI=1S/C19H15Cl2N3O3S/c1-9(23-24-19(27)11-3-5-16(25)15(22)7-11)12-8-28-18(17(12)26)10-2-4-13(20)14(21)6-10/h2-8,25-26H,22H2,1H3,(H,24,27)/b23-9+. The molecule has 0 aliphatic heterocycles. The molecule has 5 N–H and O–H groups in total. The molecule has 3 rings (SSSR count). The maximum absolute atomic E-state index is 12.2. The highest BCUT2D eigenvalue weighted by Crippen LogP contribution is 2.40. The molecule has 0 atom stereocenters. The van der Waals surface area contributed by atoms with Crippen molar-refractivity contribution in [3.05, 3.63) is 63.0 Å². The predicted molar refractivity (Wildman–Crippen MR) is 114 cm³/mol. The summed E-state index contributed by atoms with van der Waals surface area (Å²) in [6.45, 7) is 1.66. The third kappa shape index (κ3) is 4.06. The molecule has 9 heteroatoms. The molecular formula is C19H15Cl2N3O3S. The molecule has 28 heavy (non-hydrogen) atoms. The number of thiophene rings is 1. The quantitative estimate of drug-likeness (QED) is 0.203. The number of phenolic OH excluding ortho intramolecular Hbond substituents is 1. The minimum absolute atomic E-state index is 0.0350. The van der Waals surface area contributed by atoms with Gasteiger partial charge in [-0.1, -0.05) is 29.3 Å². The Balaban J connectivity index is 1.81. The van der Waals surface area contributed by atoms with E-state index in [1.807, 2.05) is 0 Å². The second kappa shape index (κ2) is 8.10. The summed E-state index contributed by atoms with van der Waals surface area (Å²) >= 11 is 13.3. The molecule has 0 saturated carbocycles. The number of halogens is 2. The molecule has 6 nitrogen and oxygen atoms in total. The molecule has 3 aromatic rings. The van der Waals surface area contributed by atoms with Gasteiger partial charge in [0.2, 0.25) is 0 Å². The van der Waals surface area contributed by atoms with Crippen molar-refractivity contribution in [1.82, 2.24) is 5.43 Å². The summed E-state index contributed by atoms with van der Waals surface area (Å²) in [4.78, 5) is 12.8. The maximum Gasteiger partial charge on any atom is 0.271 e. The van der Waals surface area contributed by atoms with Crippen molar-refractivity contribution in [2.24, 2.45) is 5.10 Å². The van der Waals surface area contributed by atoms with Crippen LogP contribution in [0.3, 0.4) is 0 Å². The number of anilines is 1. The number of rotatable bonds is 4. The summed E-state index contributed by atoms with van der Waals surface area (Å²) in [7, 11) is 0. The van der Waals surface area contributed by atoms with Crippen molar-refractivity contribution in [2.75, 3.05) is 5.73 Å². The maximum atomic E-state index is 12.2. The topological polar surface area (TPSA) is 108 Å². The Bertz CT molecular complexity index is 1100. The van der Waals surface area contributed by atoms with Crippen molar-refractivity contribution in [3.63, 3.8) is 0 Å². The Labute approximate surface area is 174 Å². The van der Waals surface area contributed by atoms with Crippen molar-refractivity contribution in [3.8, 4) is 21.9 Å². The Hall–Kier alpha value is -2.74. The van der Waals surface area contributed by atoms with Crippen LogP contribution in [-0.2, 0) is 0 Å². The van der Waals surface area contributed by atoms with E-state index in [1.165, 1.54) is 29.5 Å². The molecule has 1 aromatic heterocycles. The van der Waals surface area contributed by atoms with Crippen molar-refractivity contribution < 1.29 is 15.0 Å². The number of carbonyl (C=O) groups excluding carboxylic acids is 1. The van der Waals surface area contributed by atoms with E-state index < -0.39 is 5.91 Å². The van der Waals surface area contributed by atoms with E-state index in [-0.39, 0.29) is 22.7 Å². The van der Waals surface area contributed by atoms with E-state index in [0.29, 0.717) is 26.2 Å². The van der Waals surface area contributed by atoms with Crippen LogP contribution in [0, 0.1) is 0 Å². The van der Waals surface area contributed by atoms with E-state index in [9.17, 15) is 15.0 Å². The molecule has 0 spiro atoms. The van der Waals surface area contributed by atoms with E-state index in [2.05, 4.69) is 10.5 Å². The minimum atomic E-state index is -0.495. The van der Waals surface area contributed by atoms with Gasteiger partial charge in [0.1, 0.15) is 11.5 Å². The van der Waals surface area contributed by atoms with Gasteiger partial charge in [-0.05, 0) is 42.8 Å². The Morgan fingerprint density at radius 2 is 1.89 bits per heavy atom. The highest BCUT2D eigenvalue weighted by atomic mass is 35.5. The lowest BCUT2D eigenvalue weighted by Crippen LogP contribution is -2.19. The van der Waals surface area contributed by atoms with Crippen LogP contribution < -0.4 is 11.2 Å². The second-order valence-corrected chi connectivity index (χ2v) is 7.56. The van der Waals surface area contributed by atoms with Crippen LogP contribution in [0.1, 0.15) is 22.8 Å². The van der Waals surface area contributed by atoms with E-state index >= 15 is 0 Å². The fourth-order valence-electron chi connectivity index (χ4n) is 2.41. The van der Waals surface area contributed by atoms with Crippen LogP contribution in [0.25, 0.3) is 10.4 Å². The fraction of sp³-hybridized carbons (Fsp3) is 0.0526. The highest BCUT2D eigenvalue weighted by molar-refractivity contribution is 7.14. The molecule has 0 unspecified atom stereocenters. The average molecular weight is 436 g/mol. The second-order valence-electron chi connectivity index (χ2n) is 5.87. The molecule has 1 heterocycles. The van der Waals surface area contributed by atoms with Crippen LogP contribution in [0.15, 0.2) is 46.9 Å². The monoisotopic (exact) mass is 435 g/mol. The number of nitrogens with one attached hydrogen (secondary N) is 1. The Morgan fingerprint density at radius 1 is 1.14 bits per heavy atom. The number of nitrogen functional groups attached to an aromatic ring is 1. The molecule has 2 aromatic carbocycles. The van der Waals surface area contributed by atoms with Crippen molar-refractivity contribution in [2.45, 2.75) is 6.92 Å². The zero-order valence-corrected chi connectivity index (χ0v) is 16.9. The number of carbonyl (C=O) groups is 1. The Kier molecular flexibility index (Phi) is 5.79. The Morgan fingerprint density at radius 3 is 2.57 bits per heavy atom. The third-order valence-corrected chi connectivity index (χ3v) is 5.71. The summed E-state index contributed by atoms with van der Waals surface area (Å²) in [5.74, 6) is -0.562. The number of hydrogen-bond acceptors (Lipinski definition) is 6. The molecule has 1 amide bonds. The van der Waals surface area contributed by atoms with Crippen LogP contribution in [0.2, 0.25) is 10.0 Å². The van der Waals surface area contributed by atoms with Gasteiger partial charge in [-0.3, -0.25) is 4.79 Å². The number of benzene rings is 2. The zero-order chi connectivity index (χ0) is 20.4. The molecule has 0 aliphatic rings. The van der Waals surface area contributed by atoms with Gasteiger partial charge < -0.3 is 15.9 Å². The molecule has 0 fully saturated rings. The SMILES string of the molecule is C/C(=N\NC(=O)c1ccc(O)c(N)c1)c1csc(-c2ccc(Cl)c(Cl)c2)c1O. The third-order valence-electron chi connectivity index (χ3n) is 3.95. The number of amides is 1. The van der Waals surface area contributed by atoms with Crippen LogP contribution in [0.5, 0.6) is 11.5 Å². The van der Waals surface area contributed by atoms with E-state index in [0.717, 1.165) is 5.56 Å². The van der Waals surface area contributed by atoms with Gasteiger partial charge in [0.05, 0.1) is 31.9 Å². The van der Waals surface area contributed by atoms with Crippen molar-refractivity contribution >= 4 is 51.8 Å².